The van der Waals surface area contributed by atoms with Crippen LogP contribution in [0.3, 0.4) is 0 Å². The smallest absolute Gasteiger partial charge is 0.257 e. The molecule has 2 aromatic heterocycles. The van der Waals surface area contributed by atoms with Gasteiger partial charge in [-0.25, -0.2) is 4.98 Å². The zero-order valence-corrected chi connectivity index (χ0v) is 18.2. The molecule has 0 spiro atoms. The molecular formula is C27H26N4O. The molecule has 0 saturated heterocycles. The van der Waals surface area contributed by atoms with E-state index in [1.165, 1.54) is 5.56 Å². The minimum Gasteiger partial charge on any atom is -0.293 e. The average molecular weight is 423 g/mol. The Morgan fingerprint density at radius 1 is 0.906 bits per heavy atom. The fourth-order valence-electron chi connectivity index (χ4n) is 4.62. The standard InChI is InChI=1S/C27H26N4O/c1-20-29-25-19-30(18-21-12-15-28-16-13-21)17-14-24(25)27(32)31(20)26(22-8-4-2-5-9-22)23-10-6-3-7-11-23/h2-13,15-16,26H,14,17-19H2,1H3. The first-order valence-electron chi connectivity index (χ1n) is 11.0. The van der Waals surface area contributed by atoms with Crippen LogP contribution in [0.5, 0.6) is 0 Å². The van der Waals surface area contributed by atoms with Crippen LogP contribution >= 0.6 is 0 Å². The lowest BCUT2D eigenvalue weighted by Gasteiger charge is -2.30. The molecule has 0 bridgehead atoms. The van der Waals surface area contributed by atoms with Gasteiger partial charge in [0.2, 0.25) is 0 Å². The molecule has 5 rings (SSSR count). The number of rotatable bonds is 5. The monoisotopic (exact) mass is 422 g/mol. The first kappa shape index (κ1) is 20.3. The van der Waals surface area contributed by atoms with Crippen LogP contribution in [0.1, 0.15) is 39.8 Å². The van der Waals surface area contributed by atoms with Gasteiger partial charge in [0.15, 0.2) is 0 Å². The van der Waals surface area contributed by atoms with Crippen LogP contribution in [0.25, 0.3) is 0 Å². The maximum absolute atomic E-state index is 13.8. The summed E-state index contributed by atoms with van der Waals surface area (Å²) in [6, 6.07) is 24.3. The number of nitrogens with zero attached hydrogens (tertiary/aromatic N) is 4. The van der Waals surface area contributed by atoms with Crippen molar-refractivity contribution in [2.24, 2.45) is 0 Å². The molecule has 0 unspecified atom stereocenters. The van der Waals surface area contributed by atoms with Gasteiger partial charge in [0.05, 0.1) is 11.7 Å². The summed E-state index contributed by atoms with van der Waals surface area (Å²) in [7, 11) is 0. The third-order valence-electron chi connectivity index (χ3n) is 6.17. The van der Waals surface area contributed by atoms with Gasteiger partial charge in [-0.1, -0.05) is 60.7 Å². The Bertz CT molecular complexity index is 1210. The zero-order valence-electron chi connectivity index (χ0n) is 18.2. The third kappa shape index (κ3) is 3.99. The van der Waals surface area contributed by atoms with Gasteiger partial charge in [-0.2, -0.15) is 0 Å². The van der Waals surface area contributed by atoms with Gasteiger partial charge in [0, 0.05) is 37.6 Å². The van der Waals surface area contributed by atoms with E-state index in [9.17, 15) is 4.79 Å². The van der Waals surface area contributed by atoms with Crippen molar-refractivity contribution in [3.8, 4) is 0 Å². The first-order chi connectivity index (χ1) is 15.7. The van der Waals surface area contributed by atoms with E-state index < -0.39 is 0 Å². The average Bonchev–Trinajstić information content (AvgIpc) is 2.83. The summed E-state index contributed by atoms with van der Waals surface area (Å²) in [6.07, 6.45) is 4.35. The van der Waals surface area contributed by atoms with Crippen molar-refractivity contribution in [3.05, 3.63) is 129 Å². The minimum atomic E-state index is -0.197. The molecule has 0 atom stereocenters. The Hall–Kier alpha value is -3.57. The van der Waals surface area contributed by atoms with Crippen LogP contribution in [0, 0.1) is 6.92 Å². The number of benzene rings is 2. The van der Waals surface area contributed by atoms with E-state index in [1.54, 1.807) is 0 Å². The SMILES string of the molecule is Cc1nc2c(c(=O)n1C(c1ccccc1)c1ccccc1)CCN(Cc1ccncc1)C2. The Kier molecular flexibility index (Phi) is 5.65. The van der Waals surface area contributed by atoms with Gasteiger partial charge in [-0.3, -0.25) is 19.2 Å². The zero-order chi connectivity index (χ0) is 21.9. The molecule has 0 radical (unpaired) electrons. The van der Waals surface area contributed by atoms with Crippen molar-refractivity contribution < 1.29 is 0 Å². The van der Waals surface area contributed by atoms with E-state index in [4.69, 9.17) is 4.98 Å². The number of fused-ring (bicyclic) bond motifs is 1. The molecule has 0 saturated carbocycles. The molecule has 0 N–H and O–H groups in total. The second-order valence-electron chi connectivity index (χ2n) is 8.30. The van der Waals surface area contributed by atoms with Gasteiger partial charge in [0.1, 0.15) is 5.82 Å². The van der Waals surface area contributed by atoms with Crippen LogP contribution < -0.4 is 5.56 Å². The molecule has 0 fully saturated rings. The molecule has 4 aromatic rings. The summed E-state index contributed by atoms with van der Waals surface area (Å²) in [5, 5.41) is 0. The predicted molar refractivity (Wildman–Crippen MR) is 125 cm³/mol. The van der Waals surface area contributed by atoms with Crippen LogP contribution in [-0.4, -0.2) is 26.0 Å². The third-order valence-corrected chi connectivity index (χ3v) is 6.17. The van der Waals surface area contributed by atoms with Crippen LogP contribution in [-0.2, 0) is 19.5 Å². The van der Waals surface area contributed by atoms with Crippen molar-refractivity contribution in [3.63, 3.8) is 0 Å². The normalized spacial score (nSPS) is 13.8. The van der Waals surface area contributed by atoms with Crippen LogP contribution in [0.4, 0.5) is 0 Å². The second kappa shape index (κ2) is 8.89. The molecule has 32 heavy (non-hydrogen) atoms. The fourth-order valence-corrected chi connectivity index (χ4v) is 4.62. The summed E-state index contributed by atoms with van der Waals surface area (Å²) in [5.74, 6) is 0.747. The fraction of sp³-hybridized carbons (Fsp3) is 0.222. The maximum Gasteiger partial charge on any atom is 0.257 e. The van der Waals surface area contributed by atoms with E-state index in [-0.39, 0.29) is 11.6 Å². The lowest BCUT2D eigenvalue weighted by Crippen LogP contribution is -2.39. The highest BCUT2D eigenvalue weighted by atomic mass is 16.1. The second-order valence-corrected chi connectivity index (χ2v) is 8.30. The molecule has 5 heteroatoms. The number of aryl methyl sites for hydroxylation is 1. The van der Waals surface area contributed by atoms with Crippen LogP contribution in [0.2, 0.25) is 0 Å². The molecule has 0 aliphatic carbocycles. The molecule has 2 aromatic carbocycles. The Morgan fingerprint density at radius 2 is 1.53 bits per heavy atom. The number of hydrogen-bond donors (Lipinski definition) is 0. The Balaban J connectivity index is 1.54. The summed E-state index contributed by atoms with van der Waals surface area (Å²) in [5.41, 5.74) is 5.22. The van der Waals surface area contributed by atoms with E-state index in [2.05, 4.69) is 34.1 Å². The minimum absolute atomic E-state index is 0.0776. The molecular weight excluding hydrogens is 396 g/mol. The molecule has 0 amide bonds. The molecule has 1 aliphatic rings. The highest BCUT2D eigenvalue weighted by Crippen LogP contribution is 2.27. The van der Waals surface area contributed by atoms with Gasteiger partial charge < -0.3 is 0 Å². The number of pyridine rings is 1. The molecule has 1 aliphatic heterocycles. The number of hydrogen-bond acceptors (Lipinski definition) is 4. The van der Waals surface area contributed by atoms with Crippen molar-refractivity contribution in [2.75, 3.05) is 6.54 Å². The molecule has 3 heterocycles. The van der Waals surface area contributed by atoms with Crippen molar-refractivity contribution in [2.45, 2.75) is 32.5 Å². The first-order valence-corrected chi connectivity index (χ1v) is 11.0. The van der Waals surface area contributed by atoms with E-state index >= 15 is 0 Å². The van der Waals surface area contributed by atoms with Crippen molar-refractivity contribution >= 4 is 0 Å². The Morgan fingerprint density at radius 3 is 2.16 bits per heavy atom. The van der Waals surface area contributed by atoms with E-state index in [0.717, 1.165) is 41.3 Å². The molecule has 5 nitrogen and oxygen atoms in total. The lowest BCUT2D eigenvalue weighted by atomic mass is 9.97. The topological polar surface area (TPSA) is 51.0 Å². The largest absolute Gasteiger partial charge is 0.293 e. The summed E-state index contributed by atoms with van der Waals surface area (Å²) in [6.45, 7) is 4.32. The van der Waals surface area contributed by atoms with Crippen molar-refractivity contribution in [1.82, 2.24) is 19.4 Å². The predicted octanol–water partition coefficient (Wildman–Crippen LogP) is 4.14. The maximum atomic E-state index is 13.8. The Labute approximate surface area is 188 Å². The van der Waals surface area contributed by atoms with E-state index in [0.29, 0.717) is 13.0 Å². The summed E-state index contributed by atoms with van der Waals surface area (Å²) in [4.78, 5) is 25.2. The van der Waals surface area contributed by atoms with E-state index in [1.807, 2.05) is 72.4 Å². The lowest BCUT2D eigenvalue weighted by molar-refractivity contribution is 0.239. The van der Waals surface area contributed by atoms with Gasteiger partial charge in [-0.05, 0) is 42.2 Å². The number of aromatic nitrogens is 3. The quantitative estimate of drug-likeness (QED) is 0.485. The van der Waals surface area contributed by atoms with Gasteiger partial charge in [-0.15, -0.1) is 0 Å². The highest BCUT2D eigenvalue weighted by Gasteiger charge is 2.26. The summed E-state index contributed by atoms with van der Waals surface area (Å²) >= 11 is 0. The van der Waals surface area contributed by atoms with Crippen molar-refractivity contribution in [1.29, 1.82) is 0 Å². The highest BCUT2D eigenvalue weighted by molar-refractivity contribution is 5.35. The summed E-state index contributed by atoms with van der Waals surface area (Å²) < 4.78 is 1.88. The molecule has 160 valence electrons. The van der Waals surface area contributed by atoms with Gasteiger partial charge in [0.25, 0.3) is 5.56 Å². The van der Waals surface area contributed by atoms with Gasteiger partial charge >= 0.3 is 0 Å². The van der Waals surface area contributed by atoms with Crippen LogP contribution in [0.15, 0.2) is 90.0 Å².